The molecule has 8 nitrogen and oxygen atoms in total. The third-order valence-corrected chi connectivity index (χ3v) is 8.45. The van der Waals surface area contributed by atoms with E-state index in [9.17, 15) is 22.4 Å². The van der Waals surface area contributed by atoms with Crippen molar-refractivity contribution < 1.29 is 27.1 Å². The summed E-state index contributed by atoms with van der Waals surface area (Å²) in [6.07, 6.45) is 0. The molecule has 1 N–H and O–H groups in total. The number of nitrogens with zero attached hydrogens (tertiary/aromatic N) is 2. The summed E-state index contributed by atoms with van der Waals surface area (Å²) in [6.45, 7) is 6.55. The number of nitrogens with one attached hydrogen (secondary N) is 1. The van der Waals surface area contributed by atoms with Gasteiger partial charge in [-0.3, -0.25) is 13.9 Å². The third kappa shape index (κ3) is 8.34. The molecule has 3 rings (SSSR count). The van der Waals surface area contributed by atoms with Crippen LogP contribution in [-0.4, -0.2) is 50.4 Å². The van der Waals surface area contributed by atoms with Crippen LogP contribution in [0.4, 0.5) is 10.1 Å². The van der Waals surface area contributed by atoms with Crippen LogP contribution in [0, 0.1) is 5.82 Å². The first kappa shape index (κ1) is 32.2. The van der Waals surface area contributed by atoms with Crippen LogP contribution in [0.1, 0.15) is 33.3 Å². The van der Waals surface area contributed by atoms with Crippen molar-refractivity contribution in [2.45, 2.75) is 51.2 Å². The summed E-state index contributed by atoms with van der Waals surface area (Å²) in [5, 5.41) is 3.45. The molecular formula is C29H32Cl2FN3O5S. The minimum atomic E-state index is -4.32. The molecule has 1 unspecified atom stereocenters. The second kappa shape index (κ2) is 14.0. The minimum absolute atomic E-state index is 0.0670. The first-order chi connectivity index (χ1) is 19.3. The molecule has 0 aliphatic rings. The lowest BCUT2D eigenvalue weighted by Gasteiger charge is -2.32. The molecule has 0 radical (unpaired) electrons. The summed E-state index contributed by atoms with van der Waals surface area (Å²) in [7, 11) is -4.32. The molecule has 3 aromatic carbocycles. The Morgan fingerprint density at radius 1 is 0.976 bits per heavy atom. The Morgan fingerprint density at radius 3 is 2.17 bits per heavy atom. The predicted molar refractivity (Wildman–Crippen MR) is 158 cm³/mol. The van der Waals surface area contributed by atoms with Crippen molar-refractivity contribution in [2.75, 3.05) is 17.5 Å². The molecule has 12 heteroatoms. The lowest BCUT2D eigenvalue weighted by atomic mass is 10.1. The average molecular weight is 625 g/mol. The number of halogens is 3. The number of ether oxygens (including phenoxy) is 1. The van der Waals surface area contributed by atoms with Crippen LogP contribution in [0.3, 0.4) is 0 Å². The van der Waals surface area contributed by atoms with Gasteiger partial charge in [-0.2, -0.15) is 0 Å². The Balaban J connectivity index is 2.04. The zero-order valence-corrected chi connectivity index (χ0v) is 25.4. The summed E-state index contributed by atoms with van der Waals surface area (Å²) in [5.41, 5.74) is 0.578. The van der Waals surface area contributed by atoms with Gasteiger partial charge in [-0.05, 0) is 93.9 Å². The number of amides is 2. The van der Waals surface area contributed by atoms with E-state index < -0.39 is 40.2 Å². The van der Waals surface area contributed by atoms with E-state index in [0.29, 0.717) is 22.9 Å². The summed E-state index contributed by atoms with van der Waals surface area (Å²) in [6, 6.07) is 14.1. The van der Waals surface area contributed by atoms with Crippen molar-refractivity contribution in [1.82, 2.24) is 10.2 Å². The van der Waals surface area contributed by atoms with Crippen molar-refractivity contribution in [2.24, 2.45) is 0 Å². The van der Waals surface area contributed by atoms with Gasteiger partial charge in [-0.15, -0.1) is 0 Å². The number of benzene rings is 3. The SMILES string of the molecule is CCOc1ccc(S(=O)(=O)N(CC(=O)N(Cc2ccc(Cl)cc2Cl)C(C)C(=O)NC(C)C)c2ccc(F)cc2)cc1. The Hall–Kier alpha value is -3.34. The van der Waals surface area contributed by atoms with Gasteiger partial charge in [0.1, 0.15) is 24.2 Å². The van der Waals surface area contributed by atoms with Gasteiger partial charge in [-0.1, -0.05) is 29.3 Å². The van der Waals surface area contributed by atoms with Gasteiger partial charge < -0.3 is 15.0 Å². The number of carbonyl (C=O) groups excluding carboxylic acids is 2. The molecule has 0 heterocycles. The highest BCUT2D eigenvalue weighted by atomic mass is 35.5. The van der Waals surface area contributed by atoms with E-state index in [-0.39, 0.29) is 28.2 Å². The molecule has 220 valence electrons. The molecule has 0 aliphatic carbocycles. The van der Waals surface area contributed by atoms with E-state index in [1.165, 1.54) is 47.4 Å². The number of rotatable bonds is 12. The molecule has 0 spiro atoms. The summed E-state index contributed by atoms with van der Waals surface area (Å²) in [4.78, 5) is 28.0. The largest absolute Gasteiger partial charge is 0.494 e. The van der Waals surface area contributed by atoms with Crippen molar-refractivity contribution in [3.05, 3.63) is 88.2 Å². The number of carbonyl (C=O) groups is 2. The number of hydrogen-bond acceptors (Lipinski definition) is 5. The first-order valence-corrected chi connectivity index (χ1v) is 15.1. The minimum Gasteiger partial charge on any atom is -0.494 e. The van der Waals surface area contributed by atoms with Gasteiger partial charge in [0, 0.05) is 22.6 Å². The Bertz CT molecular complexity index is 1470. The van der Waals surface area contributed by atoms with Gasteiger partial charge in [0.15, 0.2) is 0 Å². The molecular weight excluding hydrogens is 592 g/mol. The van der Waals surface area contributed by atoms with Crippen LogP contribution >= 0.6 is 23.2 Å². The van der Waals surface area contributed by atoms with Gasteiger partial charge in [0.25, 0.3) is 10.0 Å². The smallest absolute Gasteiger partial charge is 0.264 e. The van der Waals surface area contributed by atoms with E-state index in [1.807, 2.05) is 0 Å². The monoisotopic (exact) mass is 623 g/mol. The second-order valence-electron chi connectivity index (χ2n) is 9.49. The molecule has 1 atom stereocenters. The summed E-state index contributed by atoms with van der Waals surface area (Å²) in [5.74, 6) is -1.20. The fourth-order valence-corrected chi connectivity index (χ4v) is 5.84. The number of hydrogen-bond donors (Lipinski definition) is 1. The highest BCUT2D eigenvalue weighted by Crippen LogP contribution is 2.27. The molecule has 0 saturated heterocycles. The Labute approximate surface area is 250 Å². The zero-order chi connectivity index (χ0) is 30.3. The molecule has 41 heavy (non-hydrogen) atoms. The van der Waals surface area contributed by atoms with Crippen molar-refractivity contribution in [3.63, 3.8) is 0 Å². The van der Waals surface area contributed by atoms with E-state index >= 15 is 0 Å². The van der Waals surface area contributed by atoms with Gasteiger partial charge in [0.05, 0.1) is 17.2 Å². The predicted octanol–water partition coefficient (Wildman–Crippen LogP) is 5.67. The van der Waals surface area contributed by atoms with E-state index in [4.69, 9.17) is 27.9 Å². The quantitative estimate of drug-likeness (QED) is 0.280. The normalized spacial score (nSPS) is 12.1. The van der Waals surface area contributed by atoms with E-state index in [0.717, 1.165) is 16.4 Å². The van der Waals surface area contributed by atoms with Crippen molar-refractivity contribution in [3.8, 4) is 5.75 Å². The fourth-order valence-electron chi connectivity index (χ4n) is 3.96. The van der Waals surface area contributed by atoms with E-state index in [2.05, 4.69) is 5.32 Å². The van der Waals surface area contributed by atoms with Crippen molar-refractivity contribution >= 4 is 50.7 Å². The van der Waals surface area contributed by atoms with Crippen LogP contribution in [-0.2, 0) is 26.2 Å². The standard InChI is InChI=1S/C29H32Cl2FN3O5S/c1-5-40-25-12-14-26(15-13-25)41(38,39)35(24-10-8-23(32)9-11-24)18-28(36)34(20(4)29(37)33-19(2)3)17-21-6-7-22(30)16-27(21)31/h6-16,19-20H,5,17-18H2,1-4H3,(H,33,37). The summed E-state index contributed by atoms with van der Waals surface area (Å²) < 4.78 is 47.8. The molecule has 2 amide bonds. The van der Waals surface area contributed by atoms with Gasteiger partial charge in [-0.25, -0.2) is 12.8 Å². The van der Waals surface area contributed by atoms with Crippen LogP contribution in [0.5, 0.6) is 5.75 Å². The fraction of sp³-hybridized carbons (Fsp3) is 0.310. The van der Waals surface area contributed by atoms with Crippen molar-refractivity contribution in [1.29, 1.82) is 0 Å². The highest BCUT2D eigenvalue weighted by Gasteiger charge is 2.33. The molecule has 0 aliphatic heterocycles. The van der Waals surface area contributed by atoms with E-state index in [1.54, 1.807) is 39.8 Å². The first-order valence-electron chi connectivity index (χ1n) is 12.9. The number of sulfonamides is 1. The zero-order valence-electron chi connectivity index (χ0n) is 23.1. The highest BCUT2D eigenvalue weighted by molar-refractivity contribution is 7.92. The molecule has 0 bridgehead atoms. The maximum Gasteiger partial charge on any atom is 0.264 e. The van der Waals surface area contributed by atoms with Gasteiger partial charge in [0.2, 0.25) is 11.8 Å². The lowest BCUT2D eigenvalue weighted by Crippen LogP contribution is -2.52. The lowest BCUT2D eigenvalue weighted by molar-refractivity contribution is -0.139. The molecule has 0 fully saturated rings. The molecule has 3 aromatic rings. The average Bonchev–Trinajstić information content (AvgIpc) is 2.91. The van der Waals surface area contributed by atoms with Crippen LogP contribution in [0.25, 0.3) is 0 Å². The van der Waals surface area contributed by atoms with Crippen LogP contribution in [0.15, 0.2) is 71.6 Å². The second-order valence-corrected chi connectivity index (χ2v) is 12.2. The van der Waals surface area contributed by atoms with Crippen LogP contribution in [0.2, 0.25) is 10.0 Å². The Morgan fingerprint density at radius 2 is 1.61 bits per heavy atom. The number of anilines is 1. The molecule has 0 aromatic heterocycles. The maximum absolute atomic E-state index is 13.9. The molecule has 0 saturated carbocycles. The van der Waals surface area contributed by atoms with Crippen LogP contribution < -0.4 is 14.4 Å². The Kier molecular flexibility index (Phi) is 11.0. The topological polar surface area (TPSA) is 96.0 Å². The third-order valence-electron chi connectivity index (χ3n) is 6.07. The maximum atomic E-state index is 13.9. The summed E-state index contributed by atoms with van der Waals surface area (Å²) >= 11 is 12.4. The van der Waals surface area contributed by atoms with Gasteiger partial charge >= 0.3 is 0 Å².